The van der Waals surface area contributed by atoms with Crippen LogP contribution in [0.2, 0.25) is 10.0 Å². The number of hydrogen-bond donors (Lipinski definition) is 2. The molecule has 0 saturated heterocycles. The molecule has 29 heavy (non-hydrogen) atoms. The molecular weight excluding hydrogens is 431 g/mol. The number of sulfonamides is 1. The Hall–Kier alpha value is -2.87. The summed E-state index contributed by atoms with van der Waals surface area (Å²) in [6, 6.07) is 20.2. The van der Waals surface area contributed by atoms with Gasteiger partial charge < -0.3 is 5.32 Å². The van der Waals surface area contributed by atoms with Crippen molar-refractivity contribution in [2.75, 3.05) is 10.0 Å². The molecule has 1 heterocycles. The molecule has 2 N–H and O–H groups in total. The van der Waals surface area contributed by atoms with Crippen molar-refractivity contribution in [1.29, 1.82) is 0 Å². The average molecular weight is 445 g/mol. The van der Waals surface area contributed by atoms with E-state index >= 15 is 0 Å². The molecule has 4 rings (SSSR count). The molecule has 0 aliphatic heterocycles. The van der Waals surface area contributed by atoms with E-state index in [-0.39, 0.29) is 16.5 Å². The monoisotopic (exact) mass is 444 g/mol. The third-order valence-corrected chi connectivity index (χ3v) is 5.94. The Bertz CT molecular complexity index is 1310. The fraction of sp³-hybridized carbons (Fsp3) is 0. The van der Waals surface area contributed by atoms with Crippen LogP contribution in [0.15, 0.2) is 77.7 Å². The van der Waals surface area contributed by atoms with Crippen LogP contribution in [-0.2, 0) is 10.0 Å². The fourth-order valence-corrected chi connectivity index (χ4v) is 4.16. The molecule has 0 aliphatic carbocycles. The number of rotatable bonds is 5. The SMILES string of the molecule is O=S(=O)(Nc1nc2ccccc2nc1Nc1ccccc1Cl)c1cccc(Cl)c1. The Balaban J connectivity index is 1.80. The van der Waals surface area contributed by atoms with Gasteiger partial charge in [-0.1, -0.05) is 53.5 Å². The smallest absolute Gasteiger partial charge is 0.263 e. The van der Waals surface area contributed by atoms with E-state index < -0.39 is 10.0 Å². The van der Waals surface area contributed by atoms with Crippen molar-refractivity contribution in [2.24, 2.45) is 0 Å². The molecule has 1 aromatic heterocycles. The predicted molar refractivity (Wildman–Crippen MR) is 117 cm³/mol. The second kappa shape index (κ2) is 7.87. The quantitative estimate of drug-likeness (QED) is 0.425. The Morgan fingerprint density at radius 1 is 0.759 bits per heavy atom. The van der Waals surface area contributed by atoms with Crippen molar-refractivity contribution in [3.05, 3.63) is 82.8 Å². The van der Waals surface area contributed by atoms with Gasteiger partial charge in [0.05, 0.1) is 26.6 Å². The largest absolute Gasteiger partial charge is 0.336 e. The van der Waals surface area contributed by atoms with Gasteiger partial charge in [-0.15, -0.1) is 0 Å². The topological polar surface area (TPSA) is 84.0 Å². The highest BCUT2D eigenvalue weighted by molar-refractivity contribution is 7.92. The van der Waals surface area contributed by atoms with Crippen LogP contribution in [-0.4, -0.2) is 18.4 Å². The minimum atomic E-state index is -3.94. The summed E-state index contributed by atoms with van der Waals surface area (Å²) in [4.78, 5) is 8.98. The third kappa shape index (κ3) is 4.27. The summed E-state index contributed by atoms with van der Waals surface area (Å²) in [5.41, 5.74) is 1.72. The molecule has 0 spiro atoms. The van der Waals surface area contributed by atoms with E-state index in [1.54, 1.807) is 54.6 Å². The molecule has 0 aliphatic rings. The molecular formula is C20H14Cl2N4O2S. The van der Waals surface area contributed by atoms with Crippen LogP contribution in [0, 0.1) is 0 Å². The second-order valence-electron chi connectivity index (χ2n) is 6.08. The Kier molecular flexibility index (Phi) is 5.27. The summed E-state index contributed by atoms with van der Waals surface area (Å²) >= 11 is 12.2. The van der Waals surface area contributed by atoms with Crippen LogP contribution >= 0.6 is 23.2 Å². The molecule has 0 saturated carbocycles. The van der Waals surface area contributed by atoms with Gasteiger partial charge in [-0.25, -0.2) is 18.4 Å². The molecule has 0 unspecified atom stereocenters. The molecule has 9 heteroatoms. The minimum absolute atomic E-state index is 0.0173. The van der Waals surface area contributed by atoms with Gasteiger partial charge in [-0.05, 0) is 42.5 Å². The summed E-state index contributed by atoms with van der Waals surface area (Å²) in [5, 5.41) is 3.84. The van der Waals surface area contributed by atoms with Crippen molar-refractivity contribution < 1.29 is 8.42 Å². The Morgan fingerprint density at radius 2 is 1.41 bits per heavy atom. The zero-order valence-electron chi connectivity index (χ0n) is 14.8. The number of nitrogens with one attached hydrogen (secondary N) is 2. The van der Waals surface area contributed by atoms with Crippen molar-refractivity contribution in [2.45, 2.75) is 4.90 Å². The van der Waals surface area contributed by atoms with Crippen LogP contribution in [0.4, 0.5) is 17.3 Å². The third-order valence-electron chi connectivity index (χ3n) is 4.03. The number of anilines is 3. The maximum absolute atomic E-state index is 12.9. The lowest BCUT2D eigenvalue weighted by Crippen LogP contribution is -2.16. The highest BCUT2D eigenvalue weighted by Crippen LogP contribution is 2.30. The summed E-state index contributed by atoms with van der Waals surface area (Å²) < 4.78 is 28.2. The van der Waals surface area contributed by atoms with Gasteiger partial charge in [0.1, 0.15) is 0 Å². The predicted octanol–water partition coefficient (Wildman–Crippen LogP) is 5.48. The van der Waals surface area contributed by atoms with E-state index in [2.05, 4.69) is 20.0 Å². The highest BCUT2D eigenvalue weighted by atomic mass is 35.5. The van der Waals surface area contributed by atoms with E-state index in [1.165, 1.54) is 12.1 Å². The Labute approximate surface area is 177 Å². The molecule has 6 nitrogen and oxygen atoms in total. The van der Waals surface area contributed by atoms with Gasteiger partial charge in [0.25, 0.3) is 10.0 Å². The first-order valence-electron chi connectivity index (χ1n) is 8.49. The van der Waals surface area contributed by atoms with Crippen molar-refractivity contribution in [1.82, 2.24) is 9.97 Å². The molecule has 0 bridgehead atoms. The minimum Gasteiger partial charge on any atom is -0.336 e. The standard InChI is InChI=1S/C20H14Cl2N4O2S/c21-13-6-5-7-14(12-13)29(27,28)26-20-19(23-16-9-2-1-8-15(16)22)24-17-10-3-4-11-18(17)25-20/h1-12H,(H,23,24)(H,25,26). The van der Waals surface area contributed by atoms with Gasteiger partial charge in [0.2, 0.25) is 0 Å². The Morgan fingerprint density at radius 3 is 2.10 bits per heavy atom. The van der Waals surface area contributed by atoms with Crippen molar-refractivity contribution >= 4 is 61.6 Å². The molecule has 0 fully saturated rings. The summed E-state index contributed by atoms with van der Waals surface area (Å²) in [5.74, 6) is 0.269. The van der Waals surface area contributed by atoms with E-state index in [0.717, 1.165) is 0 Å². The summed E-state index contributed by atoms with van der Waals surface area (Å²) in [7, 11) is -3.94. The number of halogens is 2. The molecule has 146 valence electrons. The lowest BCUT2D eigenvalue weighted by molar-refractivity contribution is 0.601. The summed E-state index contributed by atoms with van der Waals surface area (Å²) in [6.45, 7) is 0. The van der Waals surface area contributed by atoms with Crippen LogP contribution in [0.3, 0.4) is 0 Å². The average Bonchev–Trinajstić information content (AvgIpc) is 2.70. The van der Waals surface area contributed by atoms with Crippen LogP contribution < -0.4 is 10.0 Å². The molecule has 4 aromatic rings. The number of hydrogen-bond acceptors (Lipinski definition) is 5. The van der Waals surface area contributed by atoms with E-state index in [9.17, 15) is 8.42 Å². The number of fused-ring (bicyclic) bond motifs is 1. The van der Waals surface area contributed by atoms with Crippen LogP contribution in [0.25, 0.3) is 11.0 Å². The molecule has 0 atom stereocenters. The first-order valence-corrected chi connectivity index (χ1v) is 10.7. The van der Waals surface area contributed by atoms with Gasteiger partial charge >= 0.3 is 0 Å². The number of nitrogens with zero attached hydrogens (tertiary/aromatic N) is 2. The number of aromatic nitrogens is 2. The van der Waals surface area contributed by atoms with E-state index in [0.29, 0.717) is 26.8 Å². The number of benzene rings is 3. The number of para-hydroxylation sites is 3. The zero-order valence-corrected chi connectivity index (χ0v) is 17.1. The maximum atomic E-state index is 12.9. The normalized spacial score (nSPS) is 11.4. The highest BCUT2D eigenvalue weighted by Gasteiger charge is 2.19. The first-order chi connectivity index (χ1) is 13.9. The van der Waals surface area contributed by atoms with Crippen LogP contribution in [0.5, 0.6) is 0 Å². The van der Waals surface area contributed by atoms with Crippen LogP contribution in [0.1, 0.15) is 0 Å². The fourth-order valence-electron chi connectivity index (χ4n) is 2.67. The lowest BCUT2D eigenvalue weighted by atomic mass is 10.3. The lowest BCUT2D eigenvalue weighted by Gasteiger charge is -2.14. The summed E-state index contributed by atoms with van der Waals surface area (Å²) in [6.07, 6.45) is 0. The van der Waals surface area contributed by atoms with E-state index in [1.807, 2.05) is 6.07 Å². The van der Waals surface area contributed by atoms with E-state index in [4.69, 9.17) is 23.2 Å². The first kappa shape index (κ1) is 19.4. The molecule has 3 aromatic carbocycles. The van der Waals surface area contributed by atoms with Gasteiger partial charge in [-0.3, -0.25) is 4.72 Å². The van der Waals surface area contributed by atoms with Gasteiger partial charge in [-0.2, -0.15) is 0 Å². The van der Waals surface area contributed by atoms with Crippen molar-refractivity contribution in [3.8, 4) is 0 Å². The maximum Gasteiger partial charge on any atom is 0.263 e. The molecule has 0 amide bonds. The molecule has 0 radical (unpaired) electrons. The van der Waals surface area contributed by atoms with Gasteiger partial charge in [0, 0.05) is 5.02 Å². The van der Waals surface area contributed by atoms with Crippen molar-refractivity contribution in [3.63, 3.8) is 0 Å². The second-order valence-corrected chi connectivity index (χ2v) is 8.60. The van der Waals surface area contributed by atoms with Gasteiger partial charge in [0.15, 0.2) is 11.6 Å². The zero-order chi connectivity index (χ0) is 20.4.